The molecule has 1 atom stereocenters. The van der Waals surface area contributed by atoms with Crippen LogP contribution in [0.3, 0.4) is 0 Å². The van der Waals surface area contributed by atoms with E-state index < -0.39 is 0 Å². The molecule has 2 nitrogen and oxygen atoms in total. The topological polar surface area (TPSA) is 15.3 Å². The first kappa shape index (κ1) is 13.5. The van der Waals surface area contributed by atoms with Crippen LogP contribution in [0.1, 0.15) is 12.0 Å². The summed E-state index contributed by atoms with van der Waals surface area (Å²) in [6.07, 6.45) is 1.34. The van der Waals surface area contributed by atoms with Crippen LogP contribution in [-0.4, -0.2) is 31.6 Å². The minimum absolute atomic E-state index is 0. The van der Waals surface area contributed by atoms with Crippen LogP contribution in [0.15, 0.2) is 30.3 Å². The van der Waals surface area contributed by atoms with Gasteiger partial charge in [-0.05, 0) is 38.0 Å². The predicted molar refractivity (Wildman–Crippen MR) is 71.0 cm³/mol. The molecule has 16 heavy (non-hydrogen) atoms. The molecule has 0 spiro atoms. The summed E-state index contributed by atoms with van der Waals surface area (Å²) >= 11 is 0. The van der Waals surface area contributed by atoms with E-state index in [-0.39, 0.29) is 12.4 Å². The standard InChI is InChI=1S/C13H20N2.ClH/c1-14-9-13-7-8-15(11-13)10-12-5-3-2-4-6-12;/h2-6,13-14H,7-11H2,1H3;1H. The van der Waals surface area contributed by atoms with Gasteiger partial charge in [0, 0.05) is 13.1 Å². The van der Waals surface area contributed by atoms with Crippen LogP contribution in [0.2, 0.25) is 0 Å². The van der Waals surface area contributed by atoms with Gasteiger partial charge in [-0.25, -0.2) is 0 Å². The van der Waals surface area contributed by atoms with E-state index >= 15 is 0 Å². The van der Waals surface area contributed by atoms with Crippen LogP contribution in [0.25, 0.3) is 0 Å². The number of hydrogen-bond acceptors (Lipinski definition) is 2. The molecule has 0 aliphatic carbocycles. The molecule has 1 aromatic rings. The van der Waals surface area contributed by atoms with Gasteiger partial charge >= 0.3 is 0 Å². The summed E-state index contributed by atoms with van der Waals surface area (Å²) in [5.74, 6) is 0.846. The van der Waals surface area contributed by atoms with Gasteiger partial charge in [0.25, 0.3) is 0 Å². The molecule has 1 N–H and O–H groups in total. The molecule has 0 amide bonds. The Morgan fingerprint density at radius 1 is 1.31 bits per heavy atom. The van der Waals surface area contributed by atoms with Gasteiger partial charge < -0.3 is 5.32 Å². The van der Waals surface area contributed by atoms with Gasteiger partial charge in [-0.2, -0.15) is 0 Å². The van der Waals surface area contributed by atoms with Gasteiger partial charge in [-0.3, -0.25) is 4.90 Å². The first-order valence-corrected chi connectivity index (χ1v) is 5.79. The quantitative estimate of drug-likeness (QED) is 0.868. The number of benzene rings is 1. The van der Waals surface area contributed by atoms with E-state index in [0.29, 0.717) is 0 Å². The molecule has 1 heterocycles. The molecule has 0 bridgehead atoms. The van der Waals surface area contributed by atoms with Crippen molar-refractivity contribution in [2.24, 2.45) is 5.92 Å². The van der Waals surface area contributed by atoms with Crippen LogP contribution in [0.5, 0.6) is 0 Å². The van der Waals surface area contributed by atoms with Gasteiger partial charge in [0.1, 0.15) is 0 Å². The molecule has 0 aromatic heterocycles. The maximum Gasteiger partial charge on any atom is 0.0233 e. The lowest BCUT2D eigenvalue weighted by Gasteiger charge is -2.15. The average molecular weight is 241 g/mol. The largest absolute Gasteiger partial charge is 0.319 e. The van der Waals surface area contributed by atoms with E-state index in [1.807, 2.05) is 7.05 Å². The Hall–Kier alpha value is -0.570. The Morgan fingerprint density at radius 2 is 2.06 bits per heavy atom. The van der Waals surface area contributed by atoms with E-state index in [1.165, 1.54) is 25.1 Å². The van der Waals surface area contributed by atoms with Crippen LogP contribution < -0.4 is 5.32 Å². The summed E-state index contributed by atoms with van der Waals surface area (Å²) in [4.78, 5) is 2.55. The smallest absolute Gasteiger partial charge is 0.0233 e. The molecule has 90 valence electrons. The first-order chi connectivity index (χ1) is 7.38. The zero-order chi connectivity index (χ0) is 10.5. The highest BCUT2D eigenvalue weighted by molar-refractivity contribution is 5.85. The van der Waals surface area contributed by atoms with Gasteiger partial charge in [-0.15, -0.1) is 12.4 Å². The molecule has 1 aliphatic rings. The van der Waals surface area contributed by atoms with E-state index in [1.54, 1.807) is 0 Å². The highest BCUT2D eigenvalue weighted by Gasteiger charge is 2.21. The van der Waals surface area contributed by atoms with Crippen molar-refractivity contribution in [1.29, 1.82) is 0 Å². The number of hydrogen-bond donors (Lipinski definition) is 1. The fraction of sp³-hybridized carbons (Fsp3) is 0.538. The summed E-state index contributed by atoms with van der Waals surface area (Å²) in [5.41, 5.74) is 1.43. The Morgan fingerprint density at radius 3 is 2.75 bits per heavy atom. The zero-order valence-corrected chi connectivity index (χ0v) is 10.7. The van der Waals surface area contributed by atoms with Gasteiger partial charge in [-0.1, -0.05) is 30.3 Å². The molecule has 3 heteroatoms. The Kier molecular flexibility index (Phi) is 5.81. The fourth-order valence-corrected chi connectivity index (χ4v) is 2.35. The second kappa shape index (κ2) is 6.89. The first-order valence-electron chi connectivity index (χ1n) is 5.79. The summed E-state index contributed by atoms with van der Waals surface area (Å²) in [5, 5.41) is 3.27. The van der Waals surface area contributed by atoms with Crippen molar-refractivity contribution >= 4 is 12.4 Å². The third kappa shape index (κ3) is 3.78. The van der Waals surface area contributed by atoms with Crippen molar-refractivity contribution in [3.05, 3.63) is 35.9 Å². The monoisotopic (exact) mass is 240 g/mol. The lowest BCUT2D eigenvalue weighted by atomic mass is 10.1. The maximum atomic E-state index is 3.27. The van der Waals surface area contributed by atoms with Crippen LogP contribution in [0, 0.1) is 5.92 Å². The van der Waals surface area contributed by atoms with Crippen molar-refractivity contribution in [2.45, 2.75) is 13.0 Å². The lowest BCUT2D eigenvalue weighted by molar-refractivity contribution is 0.315. The second-order valence-electron chi connectivity index (χ2n) is 4.43. The Labute approximate surface area is 104 Å². The minimum Gasteiger partial charge on any atom is -0.319 e. The third-order valence-corrected chi connectivity index (χ3v) is 3.11. The van der Waals surface area contributed by atoms with Gasteiger partial charge in [0.2, 0.25) is 0 Å². The number of likely N-dealkylation sites (tertiary alicyclic amines) is 1. The summed E-state index contributed by atoms with van der Waals surface area (Å²) in [6, 6.07) is 10.8. The van der Waals surface area contributed by atoms with Crippen LogP contribution in [0.4, 0.5) is 0 Å². The molecule has 2 rings (SSSR count). The average Bonchev–Trinajstić information content (AvgIpc) is 2.68. The highest BCUT2D eigenvalue weighted by Crippen LogP contribution is 2.17. The summed E-state index contributed by atoms with van der Waals surface area (Å²) in [6.45, 7) is 4.77. The molecule has 1 fully saturated rings. The summed E-state index contributed by atoms with van der Waals surface area (Å²) in [7, 11) is 2.04. The minimum atomic E-state index is 0. The normalized spacial score (nSPS) is 20.7. The second-order valence-corrected chi connectivity index (χ2v) is 4.43. The lowest BCUT2D eigenvalue weighted by Crippen LogP contribution is -2.24. The van der Waals surface area contributed by atoms with Crippen molar-refractivity contribution in [3.63, 3.8) is 0 Å². The van der Waals surface area contributed by atoms with E-state index in [9.17, 15) is 0 Å². The molecule has 0 radical (unpaired) electrons. The Bertz CT molecular complexity index is 289. The van der Waals surface area contributed by atoms with E-state index in [0.717, 1.165) is 19.0 Å². The predicted octanol–water partition coefficient (Wildman–Crippen LogP) is 2.15. The van der Waals surface area contributed by atoms with Crippen molar-refractivity contribution in [1.82, 2.24) is 10.2 Å². The summed E-state index contributed by atoms with van der Waals surface area (Å²) < 4.78 is 0. The van der Waals surface area contributed by atoms with Crippen LogP contribution in [-0.2, 0) is 6.54 Å². The number of nitrogens with zero attached hydrogens (tertiary/aromatic N) is 1. The van der Waals surface area contributed by atoms with Gasteiger partial charge in [0.05, 0.1) is 0 Å². The third-order valence-electron chi connectivity index (χ3n) is 3.11. The molecule has 0 saturated carbocycles. The highest BCUT2D eigenvalue weighted by atomic mass is 35.5. The number of rotatable bonds is 4. The van der Waals surface area contributed by atoms with Crippen LogP contribution >= 0.6 is 12.4 Å². The maximum absolute atomic E-state index is 3.27. The molecular weight excluding hydrogens is 220 g/mol. The fourth-order valence-electron chi connectivity index (χ4n) is 2.35. The molecule has 1 aromatic carbocycles. The van der Waals surface area contributed by atoms with Crippen molar-refractivity contribution < 1.29 is 0 Å². The van der Waals surface area contributed by atoms with Crippen molar-refractivity contribution in [2.75, 3.05) is 26.7 Å². The Balaban J connectivity index is 0.00000128. The molecule has 1 unspecified atom stereocenters. The van der Waals surface area contributed by atoms with E-state index in [4.69, 9.17) is 0 Å². The number of nitrogens with one attached hydrogen (secondary N) is 1. The van der Waals surface area contributed by atoms with Gasteiger partial charge in [0.15, 0.2) is 0 Å². The SMILES string of the molecule is CNCC1CCN(Cc2ccccc2)C1.Cl. The molecule has 1 saturated heterocycles. The molecular formula is C13H21ClN2. The van der Waals surface area contributed by atoms with E-state index in [2.05, 4.69) is 40.5 Å². The zero-order valence-electron chi connectivity index (χ0n) is 9.86. The molecule has 1 aliphatic heterocycles. The van der Waals surface area contributed by atoms with Crippen molar-refractivity contribution in [3.8, 4) is 0 Å². The number of halogens is 1.